The summed E-state index contributed by atoms with van der Waals surface area (Å²) < 4.78 is 62.2. The number of carbonyl (C=O) groups excluding carboxylic acids is 6. The van der Waals surface area contributed by atoms with Gasteiger partial charge < -0.3 is 47.4 Å². The molecule has 2 saturated heterocycles. The Labute approximate surface area is 401 Å². The first-order valence-corrected chi connectivity index (χ1v) is 22.1. The second-order valence-electron chi connectivity index (χ2n) is 15.8. The fourth-order valence-corrected chi connectivity index (χ4v) is 7.96. The minimum Gasteiger partial charge on any atom is -0.452 e. The molecule has 0 saturated carbocycles. The van der Waals surface area contributed by atoms with Gasteiger partial charge in [-0.3, -0.25) is 0 Å². The van der Waals surface area contributed by atoms with Gasteiger partial charge in [0, 0.05) is 14.2 Å². The van der Waals surface area contributed by atoms with E-state index in [0.717, 1.165) is 0 Å². The first-order chi connectivity index (χ1) is 34.1. The summed E-state index contributed by atoms with van der Waals surface area (Å²) in [6.45, 7) is 0. The summed E-state index contributed by atoms with van der Waals surface area (Å²) in [5.74, 6) is -5.55. The highest BCUT2D eigenvalue weighted by Gasteiger charge is 2.62. The van der Waals surface area contributed by atoms with Gasteiger partial charge in [-0.05, 0) is 72.8 Å². The topological polar surface area (TPSA) is 195 Å². The van der Waals surface area contributed by atoms with Crippen LogP contribution in [0, 0.1) is 0 Å². The molecule has 8 rings (SSSR count). The molecule has 0 radical (unpaired) electrons. The molecule has 358 valence electrons. The molecule has 0 aromatic heterocycles. The molecule has 10 atom stereocenters. The standard InChI is InChI=1S/C54H46O16/c1-61-53-45(67-51(59)37-29-17-7-18-30-37)43(65-49(57)35-25-13-5-14-26-35)39(63-47(55)33-21-9-3-10-22-33)41(69-53)42-40(64-48(56)34-23-11-4-12-24-34)44(66-50(58)36-27-15-6-16-28-36)46(54(62-2)70-42)68-52(60)38-31-19-8-20-32-38/h3-32,39-46,53-54H,1-2H3/t39-,40-,41+,42+,43-,44-,45+,46+,53-,54-/m0/s1. The summed E-state index contributed by atoms with van der Waals surface area (Å²) in [5, 5.41) is 0. The van der Waals surface area contributed by atoms with Crippen molar-refractivity contribution in [2.75, 3.05) is 14.2 Å². The lowest BCUT2D eigenvalue weighted by molar-refractivity contribution is -0.349. The van der Waals surface area contributed by atoms with Gasteiger partial charge in [0.25, 0.3) is 0 Å². The molecule has 0 N–H and O–H groups in total. The van der Waals surface area contributed by atoms with E-state index < -0.39 is 97.2 Å². The Hall–Kier alpha value is -8.02. The van der Waals surface area contributed by atoms with Crippen molar-refractivity contribution in [2.24, 2.45) is 0 Å². The van der Waals surface area contributed by atoms with Crippen molar-refractivity contribution in [3.05, 3.63) is 215 Å². The fraction of sp³-hybridized carbons (Fsp3) is 0.222. The minimum atomic E-state index is -1.84. The van der Waals surface area contributed by atoms with Gasteiger partial charge in [-0.2, -0.15) is 0 Å². The first kappa shape index (κ1) is 48.4. The number of hydrogen-bond acceptors (Lipinski definition) is 16. The highest BCUT2D eigenvalue weighted by atomic mass is 16.8. The maximum absolute atomic E-state index is 14.3. The van der Waals surface area contributed by atoms with Gasteiger partial charge in [-0.15, -0.1) is 0 Å². The largest absolute Gasteiger partial charge is 0.452 e. The zero-order chi connectivity index (χ0) is 49.0. The van der Waals surface area contributed by atoms with E-state index >= 15 is 0 Å². The summed E-state index contributed by atoms with van der Waals surface area (Å²) in [6, 6.07) is 47.2. The van der Waals surface area contributed by atoms with Gasteiger partial charge in [0.15, 0.2) is 49.2 Å². The van der Waals surface area contributed by atoms with Crippen LogP contribution in [0.25, 0.3) is 0 Å². The molecule has 70 heavy (non-hydrogen) atoms. The lowest BCUT2D eigenvalue weighted by atomic mass is 9.87. The molecule has 0 spiro atoms. The van der Waals surface area contributed by atoms with Crippen molar-refractivity contribution >= 4 is 35.8 Å². The van der Waals surface area contributed by atoms with Crippen LogP contribution in [0.1, 0.15) is 62.1 Å². The van der Waals surface area contributed by atoms with Crippen molar-refractivity contribution in [1.82, 2.24) is 0 Å². The minimum absolute atomic E-state index is 0.0509. The van der Waals surface area contributed by atoms with Crippen LogP contribution in [0.15, 0.2) is 182 Å². The molecule has 6 aromatic carbocycles. The molecule has 2 heterocycles. The van der Waals surface area contributed by atoms with Crippen LogP contribution < -0.4 is 0 Å². The normalized spacial score (nSPS) is 23.9. The molecule has 0 unspecified atom stereocenters. The molecular formula is C54H46O16. The zero-order valence-corrected chi connectivity index (χ0v) is 37.6. The summed E-state index contributed by atoms with van der Waals surface area (Å²) in [5.41, 5.74) is 0.455. The molecule has 2 aliphatic heterocycles. The van der Waals surface area contributed by atoms with E-state index in [2.05, 4.69) is 0 Å². The van der Waals surface area contributed by atoms with Crippen LogP contribution >= 0.6 is 0 Å². The molecule has 2 aliphatic rings. The van der Waals surface area contributed by atoms with Gasteiger partial charge in [-0.25, -0.2) is 28.8 Å². The number of methoxy groups -OCH3 is 2. The lowest BCUT2D eigenvalue weighted by Crippen LogP contribution is -2.71. The van der Waals surface area contributed by atoms with E-state index in [1.807, 2.05) is 0 Å². The maximum Gasteiger partial charge on any atom is 0.338 e. The van der Waals surface area contributed by atoms with Gasteiger partial charge in [-0.1, -0.05) is 109 Å². The Balaban J connectivity index is 1.29. The number of esters is 6. The molecular weight excluding hydrogens is 905 g/mol. The number of ether oxygens (including phenoxy) is 10. The smallest absolute Gasteiger partial charge is 0.338 e. The van der Waals surface area contributed by atoms with Crippen LogP contribution in [0.4, 0.5) is 0 Å². The third-order valence-corrected chi connectivity index (χ3v) is 11.4. The van der Waals surface area contributed by atoms with Gasteiger partial charge in [0.2, 0.25) is 0 Å². The van der Waals surface area contributed by atoms with Gasteiger partial charge in [0.05, 0.1) is 33.4 Å². The maximum atomic E-state index is 14.3. The van der Waals surface area contributed by atoms with Crippen LogP contribution in [-0.2, 0) is 47.4 Å². The summed E-state index contributed by atoms with van der Waals surface area (Å²) >= 11 is 0. The molecule has 16 nitrogen and oxygen atoms in total. The summed E-state index contributed by atoms with van der Waals surface area (Å²) in [4.78, 5) is 85.0. The predicted molar refractivity (Wildman–Crippen MR) is 245 cm³/mol. The quantitative estimate of drug-likeness (QED) is 0.0748. The number of benzene rings is 6. The lowest BCUT2D eigenvalue weighted by Gasteiger charge is -2.51. The van der Waals surface area contributed by atoms with Crippen LogP contribution in [0.3, 0.4) is 0 Å². The Bertz CT molecular complexity index is 2520. The fourth-order valence-electron chi connectivity index (χ4n) is 7.96. The van der Waals surface area contributed by atoms with Crippen molar-refractivity contribution in [1.29, 1.82) is 0 Å². The van der Waals surface area contributed by atoms with Crippen molar-refractivity contribution in [2.45, 2.75) is 61.4 Å². The SMILES string of the molecule is CO[C@H]1O[C@@H]([C@@H]2O[C@H](OC)[C@H](OC(=O)c3ccccc3)[C@@H](OC(=O)c3ccccc3)[C@H]2OC(=O)c2ccccc2)[C@H](OC(=O)c2ccccc2)[C@H](OC(=O)c2ccccc2)[C@H]1OC(=O)c1ccccc1. The van der Waals surface area contributed by atoms with Crippen LogP contribution in [-0.4, -0.2) is 111 Å². The van der Waals surface area contributed by atoms with Crippen molar-refractivity contribution in [3.63, 3.8) is 0 Å². The highest BCUT2D eigenvalue weighted by Crippen LogP contribution is 2.39. The number of hydrogen-bond donors (Lipinski definition) is 0. The summed E-state index contributed by atoms with van der Waals surface area (Å²) in [7, 11) is 2.46. The van der Waals surface area contributed by atoms with Crippen LogP contribution in [0.5, 0.6) is 0 Å². The molecule has 2 fully saturated rings. The number of rotatable bonds is 15. The molecule has 0 bridgehead atoms. The third-order valence-electron chi connectivity index (χ3n) is 11.4. The van der Waals surface area contributed by atoms with E-state index in [9.17, 15) is 28.8 Å². The first-order valence-electron chi connectivity index (χ1n) is 22.1. The Morgan fingerprint density at radius 1 is 0.286 bits per heavy atom. The molecule has 0 aliphatic carbocycles. The number of carbonyl (C=O) groups is 6. The Morgan fingerprint density at radius 2 is 0.471 bits per heavy atom. The van der Waals surface area contributed by atoms with Crippen molar-refractivity contribution < 1.29 is 76.1 Å². The van der Waals surface area contributed by atoms with E-state index in [0.29, 0.717) is 0 Å². The second-order valence-corrected chi connectivity index (χ2v) is 15.8. The van der Waals surface area contributed by atoms with Gasteiger partial charge >= 0.3 is 35.8 Å². The predicted octanol–water partition coefficient (Wildman–Crippen LogP) is 7.08. The Kier molecular flexibility index (Phi) is 15.8. The monoisotopic (exact) mass is 950 g/mol. The average Bonchev–Trinajstić information content (AvgIpc) is 3.41. The van der Waals surface area contributed by atoms with E-state index in [1.165, 1.54) is 87.0 Å². The van der Waals surface area contributed by atoms with Crippen LogP contribution in [0.2, 0.25) is 0 Å². The second kappa shape index (κ2) is 22.9. The van der Waals surface area contributed by atoms with E-state index in [1.54, 1.807) is 109 Å². The van der Waals surface area contributed by atoms with E-state index in [-0.39, 0.29) is 33.4 Å². The average molecular weight is 951 g/mol. The van der Waals surface area contributed by atoms with E-state index in [4.69, 9.17) is 47.4 Å². The van der Waals surface area contributed by atoms with Crippen molar-refractivity contribution in [3.8, 4) is 0 Å². The highest BCUT2D eigenvalue weighted by molar-refractivity contribution is 5.93. The molecule has 0 amide bonds. The summed E-state index contributed by atoms with van der Waals surface area (Å²) in [6.07, 6.45) is -17.4. The van der Waals surface area contributed by atoms with Gasteiger partial charge in [0.1, 0.15) is 12.2 Å². The molecule has 6 aromatic rings. The zero-order valence-electron chi connectivity index (χ0n) is 37.6. The molecule has 16 heteroatoms. The Morgan fingerprint density at radius 3 is 0.671 bits per heavy atom. The third kappa shape index (κ3) is 11.3.